The summed E-state index contributed by atoms with van der Waals surface area (Å²) in [4.78, 5) is 12.6. The van der Waals surface area contributed by atoms with Crippen LogP contribution >= 0.6 is 38.5 Å². The zero-order valence-electron chi connectivity index (χ0n) is 18.2. The maximum Gasteiger partial charge on any atom is 0.266 e. The molecule has 7 heteroatoms. The molecule has 1 N–H and O–H groups in total. The molecule has 3 aromatic carbocycles. The number of carbonyl (C=O) groups is 1. The third kappa shape index (κ3) is 7.07. The maximum atomic E-state index is 12.6. The van der Waals surface area contributed by atoms with Crippen LogP contribution in [0.4, 0.5) is 5.69 Å². The summed E-state index contributed by atoms with van der Waals surface area (Å²) in [5.74, 6) is 0.617. The van der Waals surface area contributed by atoms with Gasteiger partial charge in [-0.2, -0.15) is 5.26 Å². The molecule has 0 bridgehead atoms. The lowest BCUT2D eigenvalue weighted by Crippen LogP contribution is -2.13. The van der Waals surface area contributed by atoms with Gasteiger partial charge in [-0.1, -0.05) is 24.3 Å². The van der Waals surface area contributed by atoms with Gasteiger partial charge in [0.05, 0.1) is 11.1 Å². The molecule has 5 nitrogen and oxygen atoms in total. The van der Waals surface area contributed by atoms with E-state index < -0.39 is 5.91 Å². The van der Waals surface area contributed by atoms with Gasteiger partial charge in [0.1, 0.15) is 18.2 Å². The third-order valence-electron chi connectivity index (χ3n) is 4.58. The number of carbonyl (C=O) groups excluding carboxylic acids is 1. The molecule has 3 aromatic rings. The van der Waals surface area contributed by atoms with Crippen molar-refractivity contribution in [3.8, 4) is 17.6 Å². The van der Waals surface area contributed by atoms with E-state index in [1.165, 1.54) is 6.08 Å². The Hall–Kier alpha value is -2.83. The van der Waals surface area contributed by atoms with Crippen LogP contribution in [0.25, 0.3) is 6.08 Å². The summed E-state index contributed by atoms with van der Waals surface area (Å²) in [5, 5.41) is 12.3. The van der Waals surface area contributed by atoms with Crippen molar-refractivity contribution in [3.05, 3.63) is 91.0 Å². The van der Waals surface area contributed by atoms with Gasteiger partial charge in [-0.15, -0.1) is 0 Å². The van der Waals surface area contributed by atoms with Crippen LogP contribution in [0.3, 0.4) is 0 Å². The van der Waals surface area contributed by atoms with Gasteiger partial charge >= 0.3 is 0 Å². The highest BCUT2D eigenvalue weighted by molar-refractivity contribution is 14.1. The number of aryl methyl sites for hydroxylation is 1. The number of anilines is 1. The van der Waals surface area contributed by atoms with E-state index in [1.54, 1.807) is 18.2 Å². The fraction of sp³-hybridized carbons (Fsp3) is 0.154. The lowest BCUT2D eigenvalue weighted by atomic mass is 10.1. The molecule has 0 aromatic heterocycles. The van der Waals surface area contributed by atoms with Crippen molar-refractivity contribution in [1.82, 2.24) is 0 Å². The van der Waals surface area contributed by atoms with E-state index in [0.717, 1.165) is 14.7 Å². The Kier molecular flexibility index (Phi) is 8.92. The first kappa shape index (κ1) is 24.8. The smallest absolute Gasteiger partial charge is 0.266 e. The molecule has 0 atom stereocenters. The fourth-order valence-corrected chi connectivity index (χ4v) is 3.98. The molecule has 0 aliphatic heterocycles. The van der Waals surface area contributed by atoms with Crippen LogP contribution in [-0.4, -0.2) is 12.5 Å². The standard InChI is InChI=1S/C26H22BrIN2O3/c1-3-32-24-14-19(12-20(15-29)26(31)30-22-6-4-5-17(2)11-22)13-23(27)25(24)33-16-18-7-9-21(28)10-8-18/h4-14H,3,16H2,1-2H3,(H,30,31)/b20-12+. The molecule has 0 saturated carbocycles. The van der Waals surface area contributed by atoms with Crippen LogP contribution in [0, 0.1) is 21.8 Å². The van der Waals surface area contributed by atoms with Gasteiger partial charge in [-0.3, -0.25) is 4.79 Å². The monoisotopic (exact) mass is 616 g/mol. The number of nitrogens with zero attached hydrogens (tertiary/aromatic N) is 1. The van der Waals surface area contributed by atoms with Crippen molar-refractivity contribution in [1.29, 1.82) is 5.26 Å². The molecule has 0 fully saturated rings. The molecular formula is C26H22BrIN2O3. The minimum absolute atomic E-state index is 0.0154. The molecule has 1 amide bonds. The third-order valence-corrected chi connectivity index (χ3v) is 5.89. The second-order valence-electron chi connectivity index (χ2n) is 7.17. The van der Waals surface area contributed by atoms with Crippen LogP contribution in [0.1, 0.15) is 23.6 Å². The van der Waals surface area contributed by atoms with Gasteiger partial charge < -0.3 is 14.8 Å². The predicted molar refractivity (Wildman–Crippen MR) is 142 cm³/mol. The van der Waals surface area contributed by atoms with Gasteiger partial charge in [-0.25, -0.2) is 0 Å². The van der Waals surface area contributed by atoms with Gasteiger partial charge in [0.15, 0.2) is 11.5 Å². The maximum absolute atomic E-state index is 12.6. The second kappa shape index (κ2) is 11.9. The Morgan fingerprint density at radius 2 is 1.91 bits per heavy atom. The van der Waals surface area contributed by atoms with Crippen molar-refractivity contribution in [2.75, 3.05) is 11.9 Å². The Bertz CT molecular complexity index is 1220. The summed E-state index contributed by atoms with van der Waals surface area (Å²) in [6, 6.07) is 21.0. The van der Waals surface area contributed by atoms with E-state index >= 15 is 0 Å². The van der Waals surface area contributed by atoms with E-state index in [9.17, 15) is 10.1 Å². The minimum Gasteiger partial charge on any atom is -0.490 e. The van der Waals surface area contributed by atoms with Crippen molar-refractivity contribution < 1.29 is 14.3 Å². The first-order chi connectivity index (χ1) is 15.9. The van der Waals surface area contributed by atoms with Crippen molar-refractivity contribution in [3.63, 3.8) is 0 Å². The summed E-state index contributed by atoms with van der Waals surface area (Å²) in [5.41, 5.74) is 3.31. The quantitative estimate of drug-likeness (QED) is 0.170. The van der Waals surface area contributed by atoms with E-state index in [0.29, 0.717) is 40.4 Å². The van der Waals surface area contributed by atoms with Crippen LogP contribution in [0.5, 0.6) is 11.5 Å². The Balaban J connectivity index is 1.84. The molecule has 0 unspecified atom stereocenters. The zero-order chi connectivity index (χ0) is 23.8. The molecule has 0 heterocycles. The first-order valence-electron chi connectivity index (χ1n) is 10.2. The highest BCUT2D eigenvalue weighted by Gasteiger charge is 2.15. The van der Waals surface area contributed by atoms with E-state index in [2.05, 4.69) is 43.8 Å². The summed E-state index contributed by atoms with van der Waals surface area (Å²) in [6.07, 6.45) is 1.53. The molecule has 0 aliphatic rings. The van der Waals surface area contributed by atoms with Crippen LogP contribution in [0.2, 0.25) is 0 Å². The molecule has 33 heavy (non-hydrogen) atoms. The first-order valence-corrected chi connectivity index (χ1v) is 12.1. The Morgan fingerprint density at radius 1 is 1.15 bits per heavy atom. The molecule has 0 saturated heterocycles. The average molecular weight is 617 g/mol. The van der Waals surface area contributed by atoms with Gasteiger partial charge in [0.25, 0.3) is 5.91 Å². The normalized spacial score (nSPS) is 10.9. The zero-order valence-corrected chi connectivity index (χ0v) is 21.9. The number of halogens is 2. The molecule has 168 valence electrons. The highest BCUT2D eigenvalue weighted by Crippen LogP contribution is 2.38. The van der Waals surface area contributed by atoms with Crippen LogP contribution in [-0.2, 0) is 11.4 Å². The van der Waals surface area contributed by atoms with Gasteiger partial charge in [0.2, 0.25) is 0 Å². The molecule has 0 radical (unpaired) electrons. The lowest BCUT2D eigenvalue weighted by Gasteiger charge is -2.15. The van der Waals surface area contributed by atoms with E-state index in [-0.39, 0.29) is 5.57 Å². The number of nitriles is 1. The molecule has 0 aliphatic carbocycles. The number of hydrogen-bond donors (Lipinski definition) is 1. The number of rotatable bonds is 8. The van der Waals surface area contributed by atoms with E-state index in [1.807, 2.05) is 62.4 Å². The van der Waals surface area contributed by atoms with Crippen LogP contribution in [0.15, 0.2) is 70.7 Å². The second-order valence-corrected chi connectivity index (χ2v) is 9.27. The van der Waals surface area contributed by atoms with E-state index in [4.69, 9.17) is 9.47 Å². The number of ether oxygens (including phenoxy) is 2. The minimum atomic E-state index is -0.476. The lowest BCUT2D eigenvalue weighted by molar-refractivity contribution is -0.112. The van der Waals surface area contributed by atoms with Crippen LogP contribution < -0.4 is 14.8 Å². The number of nitrogens with one attached hydrogen (secondary N) is 1. The Morgan fingerprint density at radius 3 is 2.58 bits per heavy atom. The summed E-state index contributed by atoms with van der Waals surface area (Å²) in [6.45, 7) is 4.65. The molecule has 3 rings (SSSR count). The largest absolute Gasteiger partial charge is 0.490 e. The number of benzene rings is 3. The molecular weight excluding hydrogens is 595 g/mol. The molecule has 0 spiro atoms. The fourth-order valence-electron chi connectivity index (χ4n) is 3.05. The topological polar surface area (TPSA) is 71.3 Å². The SMILES string of the molecule is CCOc1cc(/C=C(\C#N)C(=O)Nc2cccc(C)c2)cc(Br)c1OCc1ccc(I)cc1. The number of amides is 1. The number of hydrogen-bond acceptors (Lipinski definition) is 4. The van der Waals surface area contributed by atoms with Crippen molar-refractivity contribution in [2.45, 2.75) is 20.5 Å². The Labute approximate surface area is 215 Å². The van der Waals surface area contributed by atoms with Crippen molar-refractivity contribution in [2.24, 2.45) is 0 Å². The summed E-state index contributed by atoms with van der Waals surface area (Å²) in [7, 11) is 0. The predicted octanol–water partition coefficient (Wildman–Crippen LogP) is 6.89. The van der Waals surface area contributed by atoms with Gasteiger partial charge in [-0.05, 0) is 112 Å². The summed E-state index contributed by atoms with van der Waals surface area (Å²) < 4.78 is 13.6. The van der Waals surface area contributed by atoms with Crippen molar-refractivity contribution >= 4 is 56.2 Å². The highest BCUT2D eigenvalue weighted by atomic mass is 127. The average Bonchev–Trinajstić information content (AvgIpc) is 2.78. The van der Waals surface area contributed by atoms with Gasteiger partial charge in [0, 0.05) is 9.26 Å². The summed E-state index contributed by atoms with van der Waals surface area (Å²) >= 11 is 5.81.